The third-order valence-corrected chi connectivity index (χ3v) is 4.53. The van der Waals surface area contributed by atoms with Gasteiger partial charge >= 0.3 is 0 Å². The van der Waals surface area contributed by atoms with Crippen LogP contribution in [-0.2, 0) is 6.54 Å². The smallest absolute Gasteiger partial charge is 0.127 e. The molecular weight excluding hydrogens is 346 g/mol. The molecule has 3 rings (SSSR count). The molecule has 3 aromatic rings. The Hall–Kier alpha value is -2.69. The lowest BCUT2D eigenvalue weighted by molar-refractivity contribution is 0.262. The zero-order valence-corrected chi connectivity index (χ0v) is 17.2. The number of hydrogen-bond donors (Lipinski definition) is 0. The topological polar surface area (TPSA) is 28.6 Å². The van der Waals surface area contributed by atoms with E-state index in [1.54, 1.807) is 0 Å². The van der Waals surface area contributed by atoms with Gasteiger partial charge in [0, 0.05) is 30.4 Å². The zero-order valence-electron chi connectivity index (χ0n) is 17.2. The van der Waals surface area contributed by atoms with Crippen molar-refractivity contribution in [3.63, 3.8) is 0 Å². The summed E-state index contributed by atoms with van der Waals surface area (Å²) in [6, 6.07) is 20.9. The molecular formula is C24H29N3O. The summed E-state index contributed by atoms with van der Waals surface area (Å²) in [6.45, 7) is 2.40. The van der Waals surface area contributed by atoms with Gasteiger partial charge in [-0.2, -0.15) is 0 Å². The summed E-state index contributed by atoms with van der Waals surface area (Å²) in [7, 11) is 8.30. The van der Waals surface area contributed by atoms with Crippen LogP contribution in [0.15, 0.2) is 66.9 Å². The van der Waals surface area contributed by atoms with Gasteiger partial charge in [-0.1, -0.05) is 30.3 Å². The molecule has 0 fully saturated rings. The Morgan fingerprint density at radius 1 is 0.821 bits per heavy atom. The van der Waals surface area contributed by atoms with Crippen molar-refractivity contribution in [2.45, 2.75) is 6.54 Å². The fourth-order valence-electron chi connectivity index (χ4n) is 3.16. The van der Waals surface area contributed by atoms with E-state index in [0.717, 1.165) is 35.7 Å². The molecule has 0 N–H and O–H groups in total. The highest BCUT2D eigenvalue weighted by Gasteiger charge is 2.13. The first-order valence-electron chi connectivity index (χ1n) is 9.60. The van der Waals surface area contributed by atoms with Crippen LogP contribution in [0.4, 0.5) is 0 Å². The fraction of sp³-hybridized carbons (Fsp3) is 0.292. The van der Waals surface area contributed by atoms with E-state index in [4.69, 9.17) is 4.74 Å². The van der Waals surface area contributed by atoms with Gasteiger partial charge in [-0.15, -0.1) is 0 Å². The molecule has 146 valence electrons. The van der Waals surface area contributed by atoms with Crippen molar-refractivity contribution in [3.8, 4) is 28.1 Å². The van der Waals surface area contributed by atoms with E-state index < -0.39 is 0 Å². The number of pyridine rings is 1. The Balaban J connectivity index is 2.05. The van der Waals surface area contributed by atoms with Crippen LogP contribution in [0.1, 0.15) is 5.56 Å². The quantitative estimate of drug-likeness (QED) is 0.583. The molecule has 4 heteroatoms. The largest absolute Gasteiger partial charge is 0.492 e. The van der Waals surface area contributed by atoms with E-state index in [2.05, 4.69) is 85.4 Å². The molecule has 0 saturated heterocycles. The first-order chi connectivity index (χ1) is 13.5. The Labute approximate surface area is 168 Å². The monoisotopic (exact) mass is 375 g/mol. The van der Waals surface area contributed by atoms with Crippen molar-refractivity contribution in [2.24, 2.45) is 0 Å². The number of likely N-dealkylation sites (N-methyl/N-ethyl adjacent to an activating group) is 1. The number of rotatable bonds is 8. The van der Waals surface area contributed by atoms with Crippen LogP contribution in [0.3, 0.4) is 0 Å². The summed E-state index contributed by atoms with van der Waals surface area (Å²) in [4.78, 5) is 8.83. The van der Waals surface area contributed by atoms with Gasteiger partial charge in [0.2, 0.25) is 0 Å². The first-order valence-corrected chi connectivity index (χ1v) is 9.60. The molecule has 4 nitrogen and oxygen atoms in total. The second-order valence-corrected chi connectivity index (χ2v) is 7.47. The summed E-state index contributed by atoms with van der Waals surface area (Å²) in [6.07, 6.45) is 1.83. The number of aromatic nitrogens is 1. The van der Waals surface area contributed by atoms with Crippen molar-refractivity contribution in [1.29, 1.82) is 0 Å². The van der Waals surface area contributed by atoms with Crippen LogP contribution in [-0.4, -0.2) is 56.1 Å². The molecule has 0 atom stereocenters. The van der Waals surface area contributed by atoms with Crippen LogP contribution < -0.4 is 4.74 Å². The average Bonchev–Trinajstić information content (AvgIpc) is 2.69. The zero-order chi connectivity index (χ0) is 19.9. The average molecular weight is 376 g/mol. The predicted molar refractivity (Wildman–Crippen MR) is 117 cm³/mol. The first kappa shape index (κ1) is 20.1. The minimum absolute atomic E-state index is 0.652. The van der Waals surface area contributed by atoms with Crippen molar-refractivity contribution >= 4 is 0 Å². The molecule has 1 heterocycles. The lowest BCUT2D eigenvalue weighted by atomic mass is 9.96. The predicted octanol–water partition coefficient (Wildman–Crippen LogP) is 4.42. The molecule has 28 heavy (non-hydrogen) atoms. The van der Waals surface area contributed by atoms with Gasteiger partial charge in [0.05, 0.1) is 5.69 Å². The Morgan fingerprint density at radius 2 is 1.61 bits per heavy atom. The molecule has 0 unspecified atom stereocenters. The third-order valence-electron chi connectivity index (χ3n) is 4.53. The van der Waals surface area contributed by atoms with E-state index in [1.165, 1.54) is 11.1 Å². The second kappa shape index (κ2) is 9.49. The van der Waals surface area contributed by atoms with Crippen LogP contribution >= 0.6 is 0 Å². The normalized spacial score (nSPS) is 11.2. The number of ether oxygens (including phenoxy) is 1. The van der Waals surface area contributed by atoms with E-state index in [-0.39, 0.29) is 0 Å². The Morgan fingerprint density at radius 3 is 2.32 bits per heavy atom. The lowest BCUT2D eigenvalue weighted by Crippen LogP contribution is -2.19. The Bertz CT molecular complexity index is 891. The van der Waals surface area contributed by atoms with E-state index in [0.29, 0.717) is 6.61 Å². The van der Waals surface area contributed by atoms with Gasteiger partial charge in [-0.05, 0) is 69.6 Å². The van der Waals surface area contributed by atoms with E-state index in [1.807, 2.05) is 24.4 Å². The van der Waals surface area contributed by atoms with Crippen LogP contribution in [0, 0.1) is 0 Å². The van der Waals surface area contributed by atoms with E-state index >= 15 is 0 Å². The fourth-order valence-corrected chi connectivity index (χ4v) is 3.16. The van der Waals surface area contributed by atoms with Gasteiger partial charge < -0.3 is 14.5 Å². The van der Waals surface area contributed by atoms with Crippen molar-refractivity contribution in [3.05, 3.63) is 72.4 Å². The second-order valence-electron chi connectivity index (χ2n) is 7.47. The standard InChI is InChI=1S/C24H29N3O/c1-26(2)15-16-28-24-13-12-19(23-11-7-8-14-25-23)17-22(24)21-10-6-5-9-20(21)18-27(3)4/h5-14,17H,15-16,18H2,1-4H3. The highest BCUT2D eigenvalue weighted by molar-refractivity contribution is 5.78. The van der Waals surface area contributed by atoms with Crippen LogP contribution in [0.25, 0.3) is 22.4 Å². The summed E-state index contributed by atoms with van der Waals surface area (Å²) in [5, 5.41) is 0. The molecule has 1 aromatic heterocycles. The maximum atomic E-state index is 6.18. The lowest BCUT2D eigenvalue weighted by Gasteiger charge is -2.19. The summed E-state index contributed by atoms with van der Waals surface area (Å²) in [5.74, 6) is 0.910. The molecule has 0 amide bonds. The van der Waals surface area contributed by atoms with Gasteiger partial charge in [-0.25, -0.2) is 0 Å². The summed E-state index contributed by atoms with van der Waals surface area (Å²) < 4.78 is 6.18. The summed E-state index contributed by atoms with van der Waals surface area (Å²) >= 11 is 0. The van der Waals surface area contributed by atoms with Crippen LogP contribution in [0.5, 0.6) is 5.75 Å². The van der Waals surface area contributed by atoms with E-state index in [9.17, 15) is 0 Å². The number of nitrogens with zero attached hydrogens (tertiary/aromatic N) is 3. The molecule has 0 aliphatic heterocycles. The van der Waals surface area contributed by atoms with Gasteiger partial charge in [0.1, 0.15) is 12.4 Å². The molecule has 0 aliphatic carbocycles. The molecule has 0 aliphatic rings. The van der Waals surface area contributed by atoms with Gasteiger partial charge in [0.15, 0.2) is 0 Å². The van der Waals surface area contributed by atoms with Gasteiger partial charge in [-0.3, -0.25) is 4.98 Å². The maximum absolute atomic E-state index is 6.18. The van der Waals surface area contributed by atoms with Gasteiger partial charge in [0.25, 0.3) is 0 Å². The minimum atomic E-state index is 0.652. The van der Waals surface area contributed by atoms with Crippen LogP contribution in [0.2, 0.25) is 0 Å². The maximum Gasteiger partial charge on any atom is 0.127 e. The molecule has 0 spiro atoms. The third kappa shape index (κ3) is 5.18. The number of benzene rings is 2. The molecule has 0 radical (unpaired) electrons. The summed E-state index contributed by atoms with van der Waals surface area (Å²) in [5.41, 5.74) is 5.65. The minimum Gasteiger partial charge on any atom is -0.492 e. The Kier molecular flexibility index (Phi) is 6.80. The highest BCUT2D eigenvalue weighted by atomic mass is 16.5. The van der Waals surface area contributed by atoms with Crippen molar-refractivity contribution in [1.82, 2.24) is 14.8 Å². The van der Waals surface area contributed by atoms with Crippen molar-refractivity contribution < 1.29 is 4.74 Å². The SMILES string of the molecule is CN(C)CCOc1ccc(-c2ccccn2)cc1-c1ccccc1CN(C)C. The molecule has 0 bridgehead atoms. The highest BCUT2D eigenvalue weighted by Crippen LogP contribution is 2.36. The van der Waals surface area contributed by atoms with Crippen molar-refractivity contribution in [2.75, 3.05) is 41.3 Å². The molecule has 0 saturated carbocycles. The number of hydrogen-bond acceptors (Lipinski definition) is 4. The molecule has 2 aromatic carbocycles.